The van der Waals surface area contributed by atoms with Crippen LogP contribution in [0.4, 0.5) is 5.69 Å². The van der Waals surface area contributed by atoms with Gasteiger partial charge in [-0.1, -0.05) is 193 Å². The Kier molecular flexibility index (Phi) is 28.5. The van der Waals surface area contributed by atoms with Gasteiger partial charge in [0.1, 0.15) is 26.1 Å². The van der Waals surface area contributed by atoms with E-state index in [2.05, 4.69) is 118 Å². The van der Waals surface area contributed by atoms with E-state index in [0.717, 1.165) is 187 Å². The summed E-state index contributed by atoms with van der Waals surface area (Å²) in [4.78, 5) is 63.4. The molecule has 13 nitrogen and oxygen atoms in total. The minimum Gasteiger partial charge on any atom is -0.496 e. The van der Waals surface area contributed by atoms with Gasteiger partial charge in [0.05, 0.1) is 28.8 Å². The number of benzene rings is 9. The number of carbonyl (C=O) groups excluding carboxylic acids is 4. The highest BCUT2D eigenvalue weighted by molar-refractivity contribution is 7.22. The minimum atomic E-state index is 0.00176. The van der Waals surface area contributed by atoms with Gasteiger partial charge < -0.3 is 45.0 Å². The standard InChI is InChI=1S/C33H36ClN3O2S.2C31H33ClN2O2S/c1-4-22-9-10-24(23-11-15-27(16-12-23)36(3)21-38)19-25(22)20-37(28-17-13-26(35-2)14-18-28)33(39)32-31(34)29-7-5-6-8-30(29)40-32;1-20-8-10-21(11-9-20)22-12-17-27(36-3)23(18-22)19-34(25-15-13-24(33-2)14-16-25)31(35)30-29(32)26-6-4-5-7-28(26)37-30;1-3-36-27-18-13-22(21-9-5-4-6-10-21)19-23(27)20-34(25-16-14-24(33-2)15-17-25)31(35)30-29(32)26-11-7-8-12-28(26)37-30/h5-12,15-16,19,21,26,28,35H,4,13-14,17-18,20H2,1-3H3;4-12,17-18,24-25,33H,13-16,19H2,1-3H3;4-13,18-19,24-25,33H,3,14-17,20H2,1-2H3. The Morgan fingerprint density at radius 1 is 0.421 bits per heavy atom. The summed E-state index contributed by atoms with van der Waals surface area (Å²) in [5.74, 6) is 1.65. The molecule has 0 radical (unpaired) electrons. The molecule has 12 aromatic rings. The zero-order valence-electron chi connectivity index (χ0n) is 66.3. The maximum atomic E-state index is 14.3. The molecule has 0 bridgehead atoms. The smallest absolute Gasteiger partial charge is 0.266 e. The number of halogens is 3. The van der Waals surface area contributed by atoms with Crippen molar-refractivity contribution < 1.29 is 28.7 Å². The maximum Gasteiger partial charge on any atom is 0.266 e. The maximum absolute atomic E-state index is 14.3. The molecule has 19 heteroatoms. The van der Waals surface area contributed by atoms with Crippen LogP contribution < -0.4 is 30.3 Å². The third kappa shape index (κ3) is 19.3. The Bertz CT molecular complexity index is 5280. The van der Waals surface area contributed by atoms with Crippen LogP contribution in [0.15, 0.2) is 206 Å². The van der Waals surface area contributed by atoms with Crippen LogP contribution in [0.1, 0.15) is 148 Å². The SMILES string of the molecule is CCOc1ccc(-c2ccccc2)cc1CN(C(=O)c1sc2ccccc2c1Cl)C1CCC(NC)CC1.CCc1ccc(-c2ccc(N(C)C=O)cc2)cc1CN(C(=O)c1sc2ccccc2c1Cl)C1CCC(NC)CC1.CNC1CCC(N(Cc2cc(-c3ccc(C)cc3)ccc2OC)C(=O)c2sc3ccccc3c2Cl)CC1. The molecule has 15 rings (SSSR count). The summed E-state index contributed by atoms with van der Waals surface area (Å²) in [7, 11) is 9.50. The minimum absolute atomic E-state index is 0.00176. The van der Waals surface area contributed by atoms with E-state index in [0.29, 0.717) is 74.1 Å². The lowest BCUT2D eigenvalue weighted by atomic mass is 9.89. The van der Waals surface area contributed by atoms with Crippen molar-refractivity contribution >= 4 is 129 Å². The van der Waals surface area contributed by atoms with Crippen LogP contribution in [-0.4, -0.2) is 117 Å². The van der Waals surface area contributed by atoms with Gasteiger partial charge in [-0.15, -0.1) is 34.0 Å². The van der Waals surface area contributed by atoms with Gasteiger partial charge in [-0.25, -0.2) is 0 Å². The van der Waals surface area contributed by atoms with Crippen molar-refractivity contribution in [3.8, 4) is 44.9 Å². The lowest BCUT2D eigenvalue weighted by molar-refractivity contribution is -0.107. The van der Waals surface area contributed by atoms with Crippen molar-refractivity contribution in [1.82, 2.24) is 30.7 Å². The summed E-state index contributed by atoms with van der Waals surface area (Å²) >= 11 is 24.9. The van der Waals surface area contributed by atoms with Gasteiger partial charge in [0.25, 0.3) is 17.7 Å². The highest BCUT2D eigenvalue weighted by atomic mass is 35.5. The van der Waals surface area contributed by atoms with E-state index >= 15 is 0 Å². The number of hydrogen-bond donors (Lipinski definition) is 3. The predicted molar refractivity (Wildman–Crippen MR) is 477 cm³/mol. The van der Waals surface area contributed by atoms with Crippen LogP contribution in [0, 0.1) is 6.92 Å². The first-order valence-corrected chi connectivity index (χ1v) is 43.5. The summed E-state index contributed by atoms with van der Waals surface area (Å²) in [5, 5.41) is 14.7. The van der Waals surface area contributed by atoms with Crippen LogP contribution in [0.25, 0.3) is 63.6 Å². The lowest BCUT2D eigenvalue weighted by Gasteiger charge is -2.37. The normalized spacial score (nSPS) is 17.4. The molecular weight excluding hydrogens is 1540 g/mol. The van der Waals surface area contributed by atoms with Crippen molar-refractivity contribution in [2.24, 2.45) is 0 Å². The average molecular weight is 1640 g/mol. The van der Waals surface area contributed by atoms with Crippen LogP contribution in [0.5, 0.6) is 11.5 Å². The molecule has 3 aliphatic rings. The Hall–Kier alpha value is -8.91. The third-order valence-corrected chi connectivity index (χ3v) is 28.1. The van der Waals surface area contributed by atoms with Gasteiger partial charge in [0.15, 0.2) is 0 Å². The number of aryl methyl sites for hydroxylation is 2. The van der Waals surface area contributed by atoms with Gasteiger partial charge in [-0.3, -0.25) is 19.2 Å². The summed E-state index contributed by atoms with van der Waals surface area (Å²) in [6.45, 7) is 8.32. The number of nitrogens with one attached hydrogen (secondary N) is 3. The van der Waals surface area contributed by atoms with E-state index in [9.17, 15) is 19.2 Å². The predicted octanol–water partition coefficient (Wildman–Crippen LogP) is 23.1. The summed E-state index contributed by atoms with van der Waals surface area (Å²) < 4.78 is 14.9. The molecule has 4 amide bonds. The van der Waals surface area contributed by atoms with Crippen LogP contribution >= 0.6 is 68.8 Å². The van der Waals surface area contributed by atoms with Gasteiger partial charge in [0, 0.05) is 110 Å². The first-order chi connectivity index (χ1) is 55.5. The topological polar surface area (TPSA) is 136 Å². The molecule has 3 fully saturated rings. The van der Waals surface area contributed by atoms with E-state index in [4.69, 9.17) is 44.3 Å². The molecule has 592 valence electrons. The highest BCUT2D eigenvalue weighted by Gasteiger charge is 2.36. The van der Waals surface area contributed by atoms with Crippen LogP contribution in [-0.2, 0) is 30.8 Å². The fourth-order valence-corrected chi connectivity index (χ4v) is 20.8. The van der Waals surface area contributed by atoms with E-state index < -0.39 is 0 Å². The number of nitrogens with zero attached hydrogens (tertiary/aromatic N) is 4. The second-order valence-electron chi connectivity index (χ2n) is 30.0. The largest absolute Gasteiger partial charge is 0.496 e. The summed E-state index contributed by atoms with van der Waals surface area (Å²) in [6, 6.07) is 71.8. The molecule has 3 saturated carbocycles. The molecule has 0 aliphatic heterocycles. The number of thiophene rings is 3. The van der Waals surface area contributed by atoms with Gasteiger partial charge in [-0.2, -0.15) is 0 Å². The van der Waals surface area contributed by atoms with Crippen molar-refractivity contribution in [3.05, 3.63) is 264 Å². The Morgan fingerprint density at radius 2 is 0.763 bits per heavy atom. The van der Waals surface area contributed by atoms with Gasteiger partial charge in [-0.05, 0) is 224 Å². The molecule has 0 unspecified atom stereocenters. The molecular formula is C95H102Cl3N7O6S3. The third-order valence-electron chi connectivity index (χ3n) is 23.1. The second-order valence-corrected chi connectivity index (χ2v) is 34.3. The summed E-state index contributed by atoms with van der Waals surface area (Å²) in [6.07, 6.45) is 13.8. The lowest BCUT2D eigenvalue weighted by Crippen LogP contribution is -2.44. The van der Waals surface area contributed by atoms with E-state index in [1.165, 1.54) is 45.1 Å². The van der Waals surface area contributed by atoms with E-state index in [-0.39, 0.29) is 35.8 Å². The first-order valence-electron chi connectivity index (χ1n) is 39.9. The molecule has 3 heterocycles. The Morgan fingerprint density at radius 3 is 1.14 bits per heavy atom. The fraction of sp³-hybridized carbons (Fsp3) is 0.326. The monoisotopic (exact) mass is 1640 g/mol. The Balaban J connectivity index is 0.000000149. The molecule has 0 atom stereocenters. The highest BCUT2D eigenvalue weighted by Crippen LogP contribution is 2.43. The number of carbonyl (C=O) groups is 4. The molecule has 0 spiro atoms. The Labute approximate surface area is 698 Å². The number of methoxy groups -OCH3 is 1. The number of anilines is 1. The van der Waals surface area contributed by atoms with Crippen LogP contribution in [0.2, 0.25) is 15.1 Å². The number of hydrogen-bond acceptors (Lipinski definition) is 12. The first kappa shape index (κ1) is 83.1. The molecule has 0 saturated heterocycles. The van der Waals surface area contributed by atoms with Crippen molar-refractivity contribution in [2.45, 2.75) is 160 Å². The zero-order valence-corrected chi connectivity index (χ0v) is 71.0. The average Bonchev–Trinajstić information content (AvgIpc) is 1.58. The van der Waals surface area contributed by atoms with Gasteiger partial charge in [0.2, 0.25) is 6.41 Å². The number of amides is 4. The summed E-state index contributed by atoms with van der Waals surface area (Å²) in [5.41, 5.74) is 13.2. The molecule has 3 N–H and O–H groups in total. The second kappa shape index (κ2) is 39.2. The van der Waals surface area contributed by atoms with E-state index in [1.807, 2.05) is 160 Å². The van der Waals surface area contributed by atoms with Crippen molar-refractivity contribution in [1.29, 1.82) is 0 Å². The number of ether oxygens (including phenoxy) is 2. The fourth-order valence-electron chi connectivity index (χ4n) is 16.4. The molecule has 3 aromatic heterocycles. The number of rotatable bonds is 24. The van der Waals surface area contributed by atoms with Crippen molar-refractivity contribution in [3.63, 3.8) is 0 Å². The van der Waals surface area contributed by atoms with Gasteiger partial charge >= 0.3 is 0 Å². The molecule has 114 heavy (non-hydrogen) atoms. The molecule has 9 aromatic carbocycles. The quantitative estimate of drug-likeness (QED) is 0.0505. The van der Waals surface area contributed by atoms with Crippen molar-refractivity contribution in [2.75, 3.05) is 46.8 Å². The zero-order chi connectivity index (χ0) is 79.9. The van der Waals surface area contributed by atoms with E-state index in [1.54, 1.807) is 19.1 Å². The molecule has 3 aliphatic carbocycles. The number of fused-ring (bicyclic) bond motifs is 3. The van der Waals surface area contributed by atoms with Crippen LogP contribution in [0.3, 0.4) is 0 Å².